The monoisotopic (exact) mass is 230 g/mol. The van der Waals surface area contributed by atoms with Gasteiger partial charge in [0, 0.05) is 22.9 Å². The minimum atomic E-state index is 0.181. The lowest BCUT2D eigenvalue weighted by Crippen LogP contribution is -2.26. The summed E-state index contributed by atoms with van der Waals surface area (Å²) >= 11 is 0. The molecule has 2 aromatic rings. The van der Waals surface area contributed by atoms with Crippen LogP contribution in [0.5, 0.6) is 0 Å². The minimum absolute atomic E-state index is 0.181. The van der Waals surface area contributed by atoms with Crippen LogP contribution in [0.3, 0.4) is 0 Å². The van der Waals surface area contributed by atoms with Gasteiger partial charge in [-0.1, -0.05) is 24.3 Å². The Morgan fingerprint density at radius 2 is 2.06 bits per heavy atom. The van der Waals surface area contributed by atoms with Crippen LogP contribution in [0.1, 0.15) is 20.3 Å². The first-order valence-electron chi connectivity index (χ1n) is 5.89. The number of aromatic nitrogens is 2. The zero-order chi connectivity index (χ0) is 12.3. The molecule has 4 heteroatoms. The van der Waals surface area contributed by atoms with Crippen LogP contribution in [-0.4, -0.2) is 22.3 Å². The van der Waals surface area contributed by atoms with E-state index in [1.807, 2.05) is 31.2 Å². The molecule has 3 N–H and O–H groups in total. The SMILES string of the molecule is CC(N)CC(C)Nc1nncc2ccccc12. The largest absolute Gasteiger partial charge is 0.366 e. The summed E-state index contributed by atoms with van der Waals surface area (Å²) < 4.78 is 0. The van der Waals surface area contributed by atoms with E-state index in [9.17, 15) is 0 Å². The molecule has 1 heterocycles. The molecule has 2 rings (SSSR count). The van der Waals surface area contributed by atoms with Crippen molar-refractivity contribution in [1.29, 1.82) is 0 Å². The van der Waals surface area contributed by atoms with Gasteiger partial charge in [-0.05, 0) is 20.3 Å². The van der Waals surface area contributed by atoms with Gasteiger partial charge in [-0.3, -0.25) is 0 Å². The molecule has 2 atom stereocenters. The molecule has 4 nitrogen and oxygen atoms in total. The Balaban J connectivity index is 2.24. The van der Waals surface area contributed by atoms with Gasteiger partial charge in [-0.15, -0.1) is 5.10 Å². The molecule has 0 aliphatic rings. The van der Waals surface area contributed by atoms with E-state index in [2.05, 4.69) is 22.4 Å². The van der Waals surface area contributed by atoms with E-state index in [4.69, 9.17) is 5.73 Å². The van der Waals surface area contributed by atoms with Gasteiger partial charge in [0.2, 0.25) is 0 Å². The Morgan fingerprint density at radius 3 is 2.82 bits per heavy atom. The summed E-state index contributed by atoms with van der Waals surface area (Å²) in [6, 6.07) is 8.55. The van der Waals surface area contributed by atoms with Crippen LogP contribution in [0.25, 0.3) is 10.8 Å². The zero-order valence-electron chi connectivity index (χ0n) is 10.2. The van der Waals surface area contributed by atoms with Crippen LogP contribution >= 0.6 is 0 Å². The molecule has 0 spiro atoms. The number of anilines is 1. The van der Waals surface area contributed by atoms with E-state index in [0.717, 1.165) is 23.0 Å². The number of nitrogens with one attached hydrogen (secondary N) is 1. The van der Waals surface area contributed by atoms with E-state index in [1.54, 1.807) is 6.20 Å². The molecule has 90 valence electrons. The number of fused-ring (bicyclic) bond motifs is 1. The topological polar surface area (TPSA) is 63.8 Å². The summed E-state index contributed by atoms with van der Waals surface area (Å²) in [7, 11) is 0. The van der Waals surface area contributed by atoms with Crippen LogP contribution < -0.4 is 11.1 Å². The zero-order valence-corrected chi connectivity index (χ0v) is 10.2. The number of rotatable bonds is 4. The fourth-order valence-corrected chi connectivity index (χ4v) is 1.98. The lowest BCUT2D eigenvalue weighted by molar-refractivity contribution is 0.603. The van der Waals surface area contributed by atoms with Gasteiger partial charge in [-0.25, -0.2) is 0 Å². The number of hydrogen-bond acceptors (Lipinski definition) is 4. The molecule has 0 aliphatic heterocycles. The fourth-order valence-electron chi connectivity index (χ4n) is 1.98. The van der Waals surface area contributed by atoms with Gasteiger partial charge in [0.15, 0.2) is 5.82 Å². The third-order valence-corrected chi connectivity index (χ3v) is 2.68. The maximum atomic E-state index is 5.78. The van der Waals surface area contributed by atoms with E-state index >= 15 is 0 Å². The Morgan fingerprint density at radius 1 is 1.29 bits per heavy atom. The lowest BCUT2D eigenvalue weighted by atomic mass is 10.1. The quantitative estimate of drug-likeness (QED) is 0.845. The molecule has 0 amide bonds. The first-order chi connectivity index (χ1) is 8.16. The highest BCUT2D eigenvalue weighted by atomic mass is 15.2. The van der Waals surface area contributed by atoms with Gasteiger partial charge < -0.3 is 11.1 Å². The van der Waals surface area contributed by atoms with Crippen molar-refractivity contribution >= 4 is 16.6 Å². The van der Waals surface area contributed by atoms with Crippen molar-refractivity contribution in [3.8, 4) is 0 Å². The first kappa shape index (κ1) is 11.8. The second-order valence-corrected chi connectivity index (χ2v) is 4.54. The van der Waals surface area contributed by atoms with E-state index < -0.39 is 0 Å². The summed E-state index contributed by atoms with van der Waals surface area (Å²) in [5.41, 5.74) is 5.78. The van der Waals surface area contributed by atoms with Crippen molar-refractivity contribution in [3.05, 3.63) is 30.5 Å². The molecule has 0 fully saturated rings. The molecular weight excluding hydrogens is 212 g/mol. The number of hydrogen-bond donors (Lipinski definition) is 2. The normalized spacial score (nSPS) is 14.5. The first-order valence-corrected chi connectivity index (χ1v) is 5.89. The van der Waals surface area contributed by atoms with Crippen molar-refractivity contribution in [2.24, 2.45) is 5.73 Å². The molecule has 0 saturated carbocycles. The second kappa shape index (κ2) is 5.10. The fraction of sp³-hybridized carbons (Fsp3) is 0.385. The molecule has 0 radical (unpaired) electrons. The smallest absolute Gasteiger partial charge is 0.156 e. The average Bonchev–Trinajstić information content (AvgIpc) is 2.28. The standard InChI is InChI=1S/C13H18N4/c1-9(14)7-10(2)16-13-12-6-4-3-5-11(12)8-15-17-13/h3-6,8-10H,7,14H2,1-2H3,(H,16,17). The molecule has 17 heavy (non-hydrogen) atoms. The molecule has 0 saturated heterocycles. The summed E-state index contributed by atoms with van der Waals surface area (Å²) in [4.78, 5) is 0. The molecule has 0 bridgehead atoms. The van der Waals surface area contributed by atoms with Gasteiger partial charge in [0.25, 0.3) is 0 Å². The Bertz CT molecular complexity index is 490. The third kappa shape index (κ3) is 2.91. The number of benzene rings is 1. The van der Waals surface area contributed by atoms with Crippen LogP contribution in [0.2, 0.25) is 0 Å². The molecule has 2 unspecified atom stereocenters. The average molecular weight is 230 g/mol. The van der Waals surface area contributed by atoms with Crippen LogP contribution in [0.4, 0.5) is 5.82 Å². The highest BCUT2D eigenvalue weighted by Gasteiger charge is 2.08. The van der Waals surface area contributed by atoms with Crippen LogP contribution in [-0.2, 0) is 0 Å². The number of nitrogens with zero attached hydrogens (tertiary/aromatic N) is 2. The van der Waals surface area contributed by atoms with E-state index in [1.165, 1.54) is 0 Å². The van der Waals surface area contributed by atoms with Crippen LogP contribution in [0, 0.1) is 0 Å². The van der Waals surface area contributed by atoms with Crippen molar-refractivity contribution in [1.82, 2.24) is 10.2 Å². The maximum absolute atomic E-state index is 5.78. The van der Waals surface area contributed by atoms with Gasteiger partial charge in [0.05, 0.1) is 6.20 Å². The Kier molecular flexibility index (Phi) is 3.54. The van der Waals surface area contributed by atoms with Crippen molar-refractivity contribution < 1.29 is 0 Å². The second-order valence-electron chi connectivity index (χ2n) is 4.54. The highest BCUT2D eigenvalue weighted by Crippen LogP contribution is 2.20. The van der Waals surface area contributed by atoms with Crippen molar-refractivity contribution in [2.45, 2.75) is 32.4 Å². The third-order valence-electron chi connectivity index (χ3n) is 2.68. The summed E-state index contributed by atoms with van der Waals surface area (Å²) in [5.74, 6) is 0.830. The maximum Gasteiger partial charge on any atom is 0.156 e. The summed E-state index contributed by atoms with van der Waals surface area (Å²) in [6.45, 7) is 4.11. The van der Waals surface area contributed by atoms with E-state index in [0.29, 0.717) is 0 Å². The minimum Gasteiger partial charge on any atom is -0.366 e. The Labute approximate surface area is 101 Å². The molecule has 1 aromatic heterocycles. The summed E-state index contributed by atoms with van der Waals surface area (Å²) in [5, 5.41) is 13.7. The van der Waals surface area contributed by atoms with Crippen molar-refractivity contribution in [2.75, 3.05) is 5.32 Å². The van der Waals surface area contributed by atoms with Crippen LogP contribution in [0.15, 0.2) is 30.5 Å². The van der Waals surface area contributed by atoms with Gasteiger partial charge in [0.1, 0.15) is 0 Å². The molecule has 0 aliphatic carbocycles. The van der Waals surface area contributed by atoms with E-state index in [-0.39, 0.29) is 12.1 Å². The van der Waals surface area contributed by atoms with Gasteiger partial charge >= 0.3 is 0 Å². The Hall–Kier alpha value is -1.68. The predicted octanol–water partition coefficient (Wildman–Crippen LogP) is 2.17. The molecule has 1 aromatic carbocycles. The van der Waals surface area contributed by atoms with Crippen molar-refractivity contribution in [3.63, 3.8) is 0 Å². The van der Waals surface area contributed by atoms with Gasteiger partial charge in [-0.2, -0.15) is 5.10 Å². The lowest BCUT2D eigenvalue weighted by Gasteiger charge is -2.17. The number of nitrogens with two attached hydrogens (primary N) is 1. The molecular formula is C13H18N4. The predicted molar refractivity (Wildman–Crippen MR) is 70.9 cm³/mol. The summed E-state index contributed by atoms with van der Waals surface area (Å²) in [6.07, 6.45) is 2.68. The highest BCUT2D eigenvalue weighted by molar-refractivity contribution is 5.90.